The minimum absolute atomic E-state index is 0.0736. The van der Waals surface area contributed by atoms with E-state index in [1.807, 2.05) is 0 Å². The van der Waals surface area contributed by atoms with Gasteiger partial charge in [-0.1, -0.05) is 32.1 Å². The molecule has 1 aliphatic carbocycles. The number of rotatable bonds is 5. The van der Waals surface area contributed by atoms with Crippen LogP contribution in [0.15, 0.2) is 28.5 Å². The van der Waals surface area contributed by atoms with Crippen LogP contribution in [-0.4, -0.2) is 20.6 Å². The molecule has 0 aromatic carbocycles. The summed E-state index contributed by atoms with van der Waals surface area (Å²) in [5.41, 5.74) is 0.229. The molecule has 1 saturated carbocycles. The van der Waals surface area contributed by atoms with Gasteiger partial charge < -0.3 is 15.0 Å². The van der Waals surface area contributed by atoms with Crippen molar-refractivity contribution < 1.29 is 9.90 Å². The van der Waals surface area contributed by atoms with Crippen LogP contribution < -0.4 is 10.9 Å². The molecule has 6 nitrogen and oxygen atoms in total. The number of aromatic hydroxyl groups is 1. The number of aryl methyl sites for hydroxylation is 1. The van der Waals surface area contributed by atoms with Gasteiger partial charge in [-0.05, 0) is 25.3 Å². The van der Waals surface area contributed by atoms with Crippen molar-refractivity contribution in [3.8, 4) is 5.75 Å². The molecular weight excluding hydrogens is 338 g/mol. The molecule has 0 saturated heterocycles. The Hall–Kier alpha value is -2.15. The fourth-order valence-corrected chi connectivity index (χ4v) is 4.17. The van der Waals surface area contributed by atoms with Crippen molar-refractivity contribution in [3.63, 3.8) is 0 Å². The van der Waals surface area contributed by atoms with E-state index < -0.39 is 6.04 Å². The summed E-state index contributed by atoms with van der Waals surface area (Å²) in [4.78, 5) is 29.5. The average molecular weight is 361 g/mol. The second kappa shape index (κ2) is 7.82. The molecule has 7 heteroatoms. The van der Waals surface area contributed by atoms with Crippen molar-refractivity contribution in [1.82, 2.24) is 9.55 Å². The smallest absolute Gasteiger partial charge is 0.255 e. The van der Waals surface area contributed by atoms with Gasteiger partial charge in [0.15, 0.2) is 5.13 Å². The van der Waals surface area contributed by atoms with Gasteiger partial charge in [-0.15, -0.1) is 11.3 Å². The predicted octanol–water partition coefficient (Wildman–Crippen LogP) is 3.47. The zero-order valence-corrected chi connectivity index (χ0v) is 15.1. The second-order valence-corrected chi connectivity index (χ2v) is 7.54. The van der Waals surface area contributed by atoms with E-state index in [1.165, 1.54) is 41.2 Å². The molecular formula is C18H23N3O3S. The summed E-state index contributed by atoms with van der Waals surface area (Å²) in [6.45, 7) is 1.74. The maximum absolute atomic E-state index is 12.9. The average Bonchev–Trinajstić information content (AvgIpc) is 3.07. The normalized spacial score (nSPS) is 16.5. The van der Waals surface area contributed by atoms with Gasteiger partial charge in [-0.25, -0.2) is 4.98 Å². The van der Waals surface area contributed by atoms with Crippen molar-refractivity contribution in [2.75, 3.05) is 5.32 Å². The van der Waals surface area contributed by atoms with E-state index in [0.717, 1.165) is 18.9 Å². The van der Waals surface area contributed by atoms with Crippen LogP contribution in [0.5, 0.6) is 5.75 Å². The number of hydrogen-bond donors (Lipinski definition) is 2. The quantitative estimate of drug-likeness (QED) is 0.854. The largest absolute Gasteiger partial charge is 0.508 e. The Morgan fingerprint density at radius 3 is 2.80 bits per heavy atom. The lowest BCUT2D eigenvalue weighted by Crippen LogP contribution is -2.35. The zero-order valence-electron chi connectivity index (χ0n) is 14.3. The molecule has 2 aromatic heterocycles. The second-order valence-electron chi connectivity index (χ2n) is 6.65. The summed E-state index contributed by atoms with van der Waals surface area (Å²) < 4.78 is 1.50. The molecule has 1 unspecified atom stereocenters. The highest BCUT2D eigenvalue weighted by Crippen LogP contribution is 2.32. The van der Waals surface area contributed by atoms with Gasteiger partial charge in [-0.2, -0.15) is 0 Å². The Morgan fingerprint density at radius 1 is 1.40 bits per heavy atom. The van der Waals surface area contributed by atoms with Crippen LogP contribution in [0.4, 0.5) is 5.13 Å². The summed E-state index contributed by atoms with van der Waals surface area (Å²) in [5.74, 6) is 0.132. The van der Waals surface area contributed by atoms with Crippen molar-refractivity contribution in [2.24, 2.45) is 5.92 Å². The number of nitrogens with one attached hydrogen (secondary N) is 1. The summed E-state index contributed by atoms with van der Waals surface area (Å²) in [5, 5.41) is 14.8. The molecule has 1 amide bonds. The van der Waals surface area contributed by atoms with Gasteiger partial charge in [-0.3, -0.25) is 9.59 Å². The van der Waals surface area contributed by atoms with E-state index in [-0.39, 0.29) is 17.2 Å². The first-order valence-electron chi connectivity index (χ1n) is 8.67. The Kier molecular flexibility index (Phi) is 5.53. The molecule has 3 rings (SSSR count). The minimum atomic E-state index is -0.597. The molecule has 2 aromatic rings. The van der Waals surface area contributed by atoms with Crippen molar-refractivity contribution in [3.05, 3.63) is 39.8 Å². The molecule has 0 radical (unpaired) electrons. The SMILES string of the molecule is Cc1cc(O)cc(=O)n1C(CC1CCCCC1)C(=O)Nc1nccs1. The van der Waals surface area contributed by atoms with Crippen LogP contribution in [0.1, 0.15) is 50.3 Å². The van der Waals surface area contributed by atoms with Crippen molar-refractivity contribution in [1.29, 1.82) is 0 Å². The van der Waals surface area contributed by atoms with E-state index >= 15 is 0 Å². The summed E-state index contributed by atoms with van der Waals surface area (Å²) in [6.07, 6.45) is 8.03. The molecule has 1 aliphatic rings. The molecule has 2 N–H and O–H groups in total. The fourth-order valence-electron chi connectivity index (χ4n) is 3.64. The first-order valence-corrected chi connectivity index (χ1v) is 9.55. The van der Waals surface area contributed by atoms with Crippen LogP contribution in [0.3, 0.4) is 0 Å². The van der Waals surface area contributed by atoms with Crippen LogP contribution in [0.25, 0.3) is 0 Å². The minimum Gasteiger partial charge on any atom is -0.508 e. The van der Waals surface area contributed by atoms with Crippen LogP contribution in [0, 0.1) is 12.8 Å². The first kappa shape index (κ1) is 17.7. The molecule has 1 fully saturated rings. The third kappa shape index (κ3) is 4.28. The first-order chi connectivity index (χ1) is 12.0. The molecule has 1 atom stereocenters. The highest BCUT2D eigenvalue weighted by atomic mass is 32.1. The van der Waals surface area contributed by atoms with Crippen LogP contribution in [-0.2, 0) is 4.79 Å². The van der Waals surface area contributed by atoms with Crippen LogP contribution in [0.2, 0.25) is 0 Å². The maximum Gasteiger partial charge on any atom is 0.255 e. The number of hydrogen-bond acceptors (Lipinski definition) is 5. The fraction of sp³-hybridized carbons (Fsp3) is 0.500. The molecule has 0 aliphatic heterocycles. The van der Waals surface area contributed by atoms with Gasteiger partial charge in [0.25, 0.3) is 5.56 Å². The van der Waals surface area contributed by atoms with Crippen molar-refractivity contribution in [2.45, 2.75) is 51.5 Å². The van der Waals surface area contributed by atoms with Gasteiger partial charge in [0, 0.05) is 23.3 Å². The Morgan fingerprint density at radius 2 is 2.16 bits per heavy atom. The third-order valence-corrected chi connectivity index (χ3v) is 5.49. The highest BCUT2D eigenvalue weighted by Gasteiger charge is 2.28. The van der Waals surface area contributed by atoms with E-state index in [2.05, 4.69) is 10.3 Å². The van der Waals surface area contributed by atoms with E-state index in [0.29, 0.717) is 23.2 Å². The lowest BCUT2D eigenvalue weighted by molar-refractivity contribution is -0.120. The highest BCUT2D eigenvalue weighted by molar-refractivity contribution is 7.13. The summed E-state index contributed by atoms with van der Waals surface area (Å²) in [7, 11) is 0. The third-order valence-electron chi connectivity index (χ3n) is 4.80. The topological polar surface area (TPSA) is 84.2 Å². The number of anilines is 1. The number of aromatic nitrogens is 2. The predicted molar refractivity (Wildman–Crippen MR) is 98.1 cm³/mol. The summed E-state index contributed by atoms with van der Waals surface area (Å²) >= 11 is 1.35. The van der Waals surface area contributed by atoms with E-state index in [4.69, 9.17) is 0 Å². The lowest BCUT2D eigenvalue weighted by Gasteiger charge is -2.28. The standard InChI is InChI=1S/C18H23N3O3S/c1-12-9-14(22)11-16(23)21(12)15(10-13-5-3-2-4-6-13)17(24)20-18-19-7-8-25-18/h7-9,11,13,15,22H,2-6,10H2,1H3,(H,19,20,24). The van der Waals surface area contributed by atoms with Gasteiger partial charge in [0.05, 0.1) is 0 Å². The van der Waals surface area contributed by atoms with E-state index in [1.54, 1.807) is 18.5 Å². The zero-order chi connectivity index (χ0) is 17.8. The number of thiazole rings is 1. The van der Waals surface area contributed by atoms with Crippen LogP contribution >= 0.6 is 11.3 Å². The van der Waals surface area contributed by atoms with E-state index in [9.17, 15) is 14.7 Å². The number of amides is 1. The Labute approximate surface area is 150 Å². The van der Waals surface area contributed by atoms with Crippen molar-refractivity contribution >= 4 is 22.4 Å². The number of carbonyl (C=O) groups excluding carboxylic acids is 1. The molecule has 0 spiro atoms. The number of carbonyl (C=O) groups is 1. The van der Waals surface area contributed by atoms with Gasteiger partial charge in [0.2, 0.25) is 5.91 Å². The van der Waals surface area contributed by atoms with Gasteiger partial charge >= 0.3 is 0 Å². The number of pyridine rings is 1. The Balaban J connectivity index is 1.90. The number of nitrogens with zero attached hydrogens (tertiary/aromatic N) is 2. The maximum atomic E-state index is 12.9. The molecule has 0 bridgehead atoms. The van der Waals surface area contributed by atoms with Gasteiger partial charge in [0.1, 0.15) is 11.8 Å². The Bertz CT molecular complexity index is 779. The summed E-state index contributed by atoms with van der Waals surface area (Å²) in [6, 6.07) is 2.09. The molecule has 2 heterocycles. The lowest BCUT2D eigenvalue weighted by atomic mass is 9.84. The molecule has 25 heavy (non-hydrogen) atoms. The molecule has 134 valence electrons. The monoisotopic (exact) mass is 361 g/mol.